The van der Waals surface area contributed by atoms with Gasteiger partial charge < -0.3 is 10.6 Å². The lowest BCUT2D eigenvalue weighted by molar-refractivity contribution is 1.18. The predicted octanol–water partition coefficient (Wildman–Crippen LogP) is 3.46. The van der Waals surface area contributed by atoms with Gasteiger partial charge in [0.15, 0.2) is 5.82 Å². The minimum atomic E-state index is 0.645. The molecule has 20 heavy (non-hydrogen) atoms. The first-order chi connectivity index (χ1) is 9.78. The van der Waals surface area contributed by atoms with Crippen LogP contribution in [0.1, 0.15) is 0 Å². The average molecular weight is 286 g/mol. The van der Waals surface area contributed by atoms with Crippen LogP contribution in [0.4, 0.5) is 17.3 Å². The first-order valence-corrected chi connectivity index (χ1v) is 6.46. The highest BCUT2D eigenvalue weighted by Crippen LogP contribution is 2.29. The Labute approximate surface area is 121 Å². The van der Waals surface area contributed by atoms with Crippen molar-refractivity contribution in [3.05, 3.63) is 47.9 Å². The van der Waals surface area contributed by atoms with Crippen LogP contribution in [0, 0.1) is 0 Å². The third-order valence-corrected chi connectivity index (χ3v) is 3.20. The standard InChI is InChI=1S/C14H12ClN5/c1-16-12-7-17-8-13(20-12)19-11-5-4-10(15)9-3-2-6-18-14(9)11/h2-8H,1H3,(H2,16,19,20). The Kier molecular flexibility index (Phi) is 3.35. The van der Waals surface area contributed by atoms with Crippen molar-refractivity contribution in [1.82, 2.24) is 15.0 Å². The van der Waals surface area contributed by atoms with E-state index in [2.05, 4.69) is 25.6 Å². The van der Waals surface area contributed by atoms with E-state index >= 15 is 0 Å². The predicted molar refractivity (Wildman–Crippen MR) is 81.6 cm³/mol. The van der Waals surface area contributed by atoms with Gasteiger partial charge in [-0.2, -0.15) is 0 Å². The van der Waals surface area contributed by atoms with Gasteiger partial charge in [0, 0.05) is 18.6 Å². The molecule has 2 aromatic heterocycles. The molecular formula is C14H12ClN5. The number of nitrogens with one attached hydrogen (secondary N) is 2. The van der Waals surface area contributed by atoms with Crippen molar-refractivity contribution in [2.75, 3.05) is 17.7 Å². The van der Waals surface area contributed by atoms with E-state index in [9.17, 15) is 0 Å². The van der Waals surface area contributed by atoms with E-state index in [1.165, 1.54) is 0 Å². The Morgan fingerprint density at radius 2 is 1.95 bits per heavy atom. The summed E-state index contributed by atoms with van der Waals surface area (Å²) in [6, 6.07) is 7.51. The summed E-state index contributed by atoms with van der Waals surface area (Å²) in [7, 11) is 1.80. The van der Waals surface area contributed by atoms with Gasteiger partial charge in [-0.05, 0) is 24.3 Å². The molecule has 2 heterocycles. The molecule has 0 unspecified atom stereocenters. The summed E-state index contributed by atoms with van der Waals surface area (Å²) in [6.07, 6.45) is 5.05. The Morgan fingerprint density at radius 1 is 1.10 bits per heavy atom. The average Bonchev–Trinajstić information content (AvgIpc) is 2.51. The zero-order valence-corrected chi connectivity index (χ0v) is 11.5. The second kappa shape index (κ2) is 5.30. The topological polar surface area (TPSA) is 62.7 Å². The second-order valence-electron chi connectivity index (χ2n) is 4.16. The number of benzene rings is 1. The van der Waals surface area contributed by atoms with Gasteiger partial charge in [-0.3, -0.25) is 9.97 Å². The Bertz CT molecular complexity index is 759. The maximum atomic E-state index is 6.17. The molecule has 5 nitrogen and oxygen atoms in total. The van der Waals surface area contributed by atoms with Crippen LogP contribution >= 0.6 is 11.6 Å². The van der Waals surface area contributed by atoms with E-state index < -0.39 is 0 Å². The molecule has 1 aromatic carbocycles. The number of halogens is 1. The van der Waals surface area contributed by atoms with Crippen molar-refractivity contribution >= 4 is 39.8 Å². The number of hydrogen-bond donors (Lipinski definition) is 2. The highest BCUT2D eigenvalue weighted by Gasteiger charge is 2.06. The molecule has 0 aliphatic rings. The van der Waals surface area contributed by atoms with Crippen molar-refractivity contribution in [2.45, 2.75) is 0 Å². The number of hydrogen-bond acceptors (Lipinski definition) is 5. The summed E-state index contributed by atoms with van der Waals surface area (Å²) >= 11 is 6.17. The van der Waals surface area contributed by atoms with Crippen molar-refractivity contribution in [2.24, 2.45) is 0 Å². The molecule has 0 fully saturated rings. The van der Waals surface area contributed by atoms with Gasteiger partial charge in [0.05, 0.1) is 28.6 Å². The molecule has 0 amide bonds. The SMILES string of the molecule is CNc1cncc(Nc2ccc(Cl)c3cccnc23)n1. The van der Waals surface area contributed by atoms with E-state index in [0.29, 0.717) is 16.7 Å². The third-order valence-electron chi connectivity index (χ3n) is 2.87. The molecular weight excluding hydrogens is 274 g/mol. The molecule has 6 heteroatoms. The van der Waals surface area contributed by atoms with Gasteiger partial charge in [0.25, 0.3) is 0 Å². The lowest BCUT2D eigenvalue weighted by Gasteiger charge is -2.10. The first kappa shape index (κ1) is 12.6. The van der Waals surface area contributed by atoms with Crippen molar-refractivity contribution in [3.63, 3.8) is 0 Å². The van der Waals surface area contributed by atoms with Gasteiger partial charge in [0.2, 0.25) is 0 Å². The van der Waals surface area contributed by atoms with Crippen molar-refractivity contribution in [3.8, 4) is 0 Å². The van der Waals surface area contributed by atoms with Crippen LogP contribution in [0.25, 0.3) is 10.9 Å². The Morgan fingerprint density at radius 3 is 2.80 bits per heavy atom. The lowest BCUT2D eigenvalue weighted by atomic mass is 10.2. The third kappa shape index (κ3) is 2.35. The van der Waals surface area contributed by atoms with Gasteiger partial charge >= 0.3 is 0 Å². The molecule has 0 radical (unpaired) electrons. The van der Waals surface area contributed by atoms with E-state index in [0.717, 1.165) is 16.6 Å². The van der Waals surface area contributed by atoms with Crippen LogP contribution in [0.2, 0.25) is 5.02 Å². The molecule has 100 valence electrons. The van der Waals surface area contributed by atoms with E-state index in [4.69, 9.17) is 11.6 Å². The fourth-order valence-corrected chi connectivity index (χ4v) is 2.14. The number of fused-ring (bicyclic) bond motifs is 1. The summed E-state index contributed by atoms with van der Waals surface area (Å²) < 4.78 is 0. The summed E-state index contributed by atoms with van der Waals surface area (Å²) in [5.41, 5.74) is 1.64. The number of anilines is 3. The molecule has 3 rings (SSSR count). The summed E-state index contributed by atoms with van der Waals surface area (Å²) in [5.74, 6) is 1.34. The maximum Gasteiger partial charge on any atom is 0.151 e. The zero-order chi connectivity index (χ0) is 13.9. The van der Waals surface area contributed by atoms with Gasteiger partial charge in [-0.1, -0.05) is 11.6 Å². The van der Waals surface area contributed by atoms with Crippen LogP contribution in [-0.4, -0.2) is 22.0 Å². The highest BCUT2D eigenvalue weighted by molar-refractivity contribution is 6.35. The fourth-order valence-electron chi connectivity index (χ4n) is 1.92. The normalized spacial score (nSPS) is 10.5. The maximum absolute atomic E-state index is 6.17. The van der Waals surface area contributed by atoms with E-state index in [-0.39, 0.29) is 0 Å². The second-order valence-corrected chi connectivity index (χ2v) is 4.57. The van der Waals surface area contributed by atoms with Gasteiger partial charge in [-0.15, -0.1) is 0 Å². The van der Waals surface area contributed by atoms with Crippen LogP contribution in [0.5, 0.6) is 0 Å². The molecule has 0 saturated carbocycles. The summed E-state index contributed by atoms with van der Waals surface area (Å²) in [4.78, 5) is 12.9. The minimum Gasteiger partial charge on any atom is -0.372 e. The van der Waals surface area contributed by atoms with Gasteiger partial charge in [0.1, 0.15) is 5.82 Å². The van der Waals surface area contributed by atoms with E-state index in [1.807, 2.05) is 24.3 Å². The quantitative estimate of drug-likeness (QED) is 0.771. The van der Waals surface area contributed by atoms with E-state index in [1.54, 1.807) is 25.6 Å². The molecule has 2 N–H and O–H groups in total. The molecule has 0 saturated heterocycles. The van der Waals surface area contributed by atoms with Crippen LogP contribution in [0.3, 0.4) is 0 Å². The minimum absolute atomic E-state index is 0.645. The van der Waals surface area contributed by atoms with Crippen LogP contribution < -0.4 is 10.6 Å². The molecule has 0 spiro atoms. The van der Waals surface area contributed by atoms with Crippen molar-refractivity contribution in [1.29, 1.82) is 0 Å². The van der Waals surface area contributed by atoms with Crippen LogP contribution in [-0.2, 0) is 0 Å². The smallest absolute Gasteiger partial charge is 0.151 e. The van der Waals surface area contributed by atoms with Crippen LogP contribution in [0.15, 0.2) is 42.9 Å². The number of aromatic nitrogens is 3. The zero-order valence-electron chi connectivity index (χ0n) is 10.8. The molecule has 3 aromatic rings. The molecule has 0 atom stereocenters. The largest absolute Gasteiger partial charge is 0.372 e. The lowest BCUT2D eigenvalue weighted by Crippen LogP contribution is -1.99. The molecule has 0 bridgehead atoms. The van der Waals surface area contributed by atoms with Crippen molar-refractivity contribution < 1.29 is 0 Å². The van der Waals surface area contributed by atoms with Gasteiger partial charge in [-0.25, -0.2) is 4.98 Å². The Balaban J connectivity index is 2.04. The molecule has 0 aliphatic heterocycles. The monoisotopic (exact) mass is 285 g/mol. The highest BCUT2D eigenvalue weighted by atomic mass is 35.5. The Hall–Kier alpha value is -2.40. The fraction of sp³-hybridized carbons (Fsp3) is 0.0714. The number of nitrogens with zero attached hydrogens (tertiary/aromatic N) is 3. The number of rotatable bonds is 3. The number of pyridine rings is 1. The molecule has 0 aliphatic carbocycles. The summed E-state index contributed by atoms with van der Waals surface area (Å²) in [5, 5.41) is 7.74. The first-order valence-electron chi connectivity index (χ1n) is 6.08. The summed E-state index contributed by atoms with van der Waals surface area (Å²) in [6.45, 7) is 0.